The van der Waals surface area contributed by atoms with E-state index in [1.807, 2.05) is 0 Å². The molecule has 5 N–H and O–H groups in total. The van der Waals surface area contributed by atoms with Crippen molar-refractivity contribution >= 4 is 5.97 Å². The van der Waals surface area contributed by atoms with Gasteiger partial charge in [0.15, 0.2) is 0 Å². The maximum atomic E-state index is 12.6. The zero-order chi connectivity index (χ0) is 19.3. The molecule has 4 fully saturated rings. The Morgan fingerprint density at radius 3 is 2.23 bits per heavy atom. The molecule has 146 valence electrons. The summed E-state index contributed by atoms with van der Waals surface area (Å²) in [5.41, 5.74) is -1.58. The lowest BCUT2D eigenvalue weighted by Gasteiger charge is -2.66. The van der Waals surface area contributed by atoms with Crippen molar-refractivity contribution in [2.75, 3.05) is 0 Å². The van der Waals surface area contributed by atoms with Gasteiger partial charge in [-0.05, 0) is 12.3 Å². The Labute approximate surface area is 152 Å². The monoisotopic (exact) mass is 368 g/mol. The van der Waals surface area contributed by atoms with Crippen molar-refractivity contribution in [1.82, 2.24) is 0 Å². The van der Waals surface area contributed by atoms with Gasteiger partial charge in [-0.15, -0.1) is 0 Å². The van der Waals surface area contributed by atoms with Gasteiger partial charge in [-0.1, -0.05) is 32.9 Å². The van der Waals surface area contributed by atoms with Gasteiger partial charge in [-0.25, -0.2) is 0 Å². The van der Waals surface area contributed by atoms with Gasteiger partial charge in [0.2, 0.25) is 0 Å². The van der Waals surface area contributed by atoms with Crippen LogP contribution in [0.3, 0.4) is 0 Å². The predicted molar refractivity (Wildman–Crippen MR) is 89.5 cm³/mol. The Morgan fingerprint density at radius 2 is 1.62 bits per heavy atom. The molecule has 3 unspecified atom stereocenters. The Kier molecular flexibility index (Phi) is 3.74. The van der Waals surface area contributed by atoms with Crippen molar-refractivity contribution < 1.29 is 35.1 Å². The quantitative estimate of drug-likeness (QED) is 0.280. The zero-order valence-corrected chi connectivity index (χ0v) is 15.2. The van der Waals surface area contributed by atoms with E-state index in [0.29, 0.717) is 5.57 Å². The van der Waals surface area contributed by atoms with E-state index in [4.69, 9.17) is 4.74 Å². The number of ether oxygens (including phenoxy) is 1. The normalized spacial score (nSPS) is 61.7. The van der Waals surface area contributed by atoms with Crippen LogP contribution in [-0.4, -0.2) is 68.1 Å². The molecule has 1 heterocycles. The molecule has 4 aliphatic rings. The van der Waals surface area contributed by atoms with Crippen molar-refractivity contribution in [2.24, 2.45) is 34.5 Å². The molecule has 4 rings (SSSR count). The van der Waals surface area contributed by atoms with Crippen molar-refractivity contribution in [3.63, 3.8) is 0 Å². The average molecular weight is 368 g/mol. The molecule has 12 atom stereocenters. The van der Waals surface area contributed by atoms with Crippen LogP contribution in [0.25, 0.3) is 0 Å². The molecule has 3 aliphatic carbocycles. The fourth-order valence-corrected chi connectivity index (χ4v) is 7.16. The summed E-state index contributed by atoms with van der Waals surface area (Å²) in [6.45, 7) is 9.16. The number of hydrogen-bond donors (Lipinski definition) is 5. The van der Waals surface area contributed by atoms with E-state index in [2.05, 4.69) is 6.58 Å². The highest BCUT2D eigenvalue weighted by Crippen LogP contribution is 2.69. The second-order valence-corrected chi connectivity index (χ2v) is 9.23. The van der Waals surface area contributed by atoms with Gasteiger partial charge in [0.1, 0.15) is 6.10 Å². The summed E-state index contributed by atoms with van der Waals surface area (Å²) in [4.78, 5) is 12.6. The molecule has 0 radical (unpaired) electrons. The van der Waals surface area contributed by atoms with Crippen LogP contribution in [0.4, 0.5) is 0 Å². The van der Waals surface area contributed by atoms with Crippen LogP contribution in [-0.2, 0) is 9.53 Å². The zero-order valence-electron chi connectivity index (χ0n) is 15.2. The van der Waals surface area contributed by atoms with Crippen LogP contribution in [0.5, 0.6) is 0 Å². The van der Waals surface area contributed by atoms with Gasteiger partial charge in [0.25, 0.3) is 0 Å². The Morgan fingerprint density at radius 1 is 1.00 bits per heavy atom. The van der Waals surface area contributed by atoms with E-state index in [9.17, 15) is 30.3 Å². The molecule has 26 heavy (non-hydrogen) atoms. The summed E-state index contributed by atoms with van der Waals surface area (Å²) in [6, 6.07) is 0. The maximum Gasteiger partial charge on any atom is 0.310 e. The number of carbonyl (C=O) groups excluding carboxylic acids is 1. The van der Waals surface area contributed by atoms with Crippen LogP contribution in [0.15, 0.2) is 12.2 Å². The summed E-state index contributed by atoms with van der Waals surface area (Å²) >= 11 is 0. The van der Waals surface area contributed by atoms with Crippen LogP contribution >= 0.6 is 0 Å². The second-order valence-electron chi connectivity index (χ2n) is 9.23. The van der Waals surface area contributed by atoms with Crippen molar-refractivity contribution in [2.45, 2.75) is 63.8 Å². The summed E-state index contributed by atoms with van der Waals surface area (Å²) in [7, 11) is 0. The molecule has 0 spiro atoms. The fraction of sp³-hybridized carbons (Fsp3) is 0.842. The molecule has 0 aromatic carbocycles. The van der Waals surface area contributed by atoms with Gasteiger partial charge in [-0.3, -0.25) is 4.79 Å². The van der Waals surface area contributed by atoms with Gasteiger partial charge < -0.3 is 30.3 Å². The first kappa shape index (κ1) is 18.4. The molecular weight excluding hydrogens is 340 g/mol. The molecule has 0 aromatic rings. The van der Waals surface area contributed by atoms with E-state index in [0.717, 1.165) is 0 Å². The molecular formula is C19H28O7. The van der Waals surface area contributed by atoms with Gasteiger partial charge >= 0.3 is 5.97 Å². The fourth-order valence-electron chi connectivity index (χ4n) is 7.16. The minimum Gasteiger partial charge on any atom is -0.459 e. The molecule has 3 saturated carbocycles. The minimum absolute atomic E-state index is 0.126. The molecule has 0 aromatic heterocycles. The first-order valence-corrected chi connectivity index (χ1v) is 9.27. The van der Waals surface area contributed by atoms with Gasteiger partial charge in [0.05, 0.1) is 36.4 Å². The second kappa shape index (κ2) is 5.29. The summed E-state index contributed by atoms with van der Waals surface area (Å²) < 4.78 is 5.57. The first-order chi connectivity index (χ1) is 12.0. The lowest BCUT2D eigenvalue weighted by Crippen LogP contribution is -2.75. The van der Waals surface area contributed by atoms with Crippen molar-refractivity contribution in [1.29, 1.82) is 0 Å². The topological polar surface area (TPSA) is 127 Å². The third kappa shape index (κ3) is 1.79. The third-order valence-corrected chi connectivity index (χ3v) is 8.11. The Bertz CT molecular complexity index is 664. The number of rotatable bonds is 0. The number of aliphatic hydroxyl groups is 5. The van der Waals surface area contributed by atoms with Crippen molar-refractivity contribution in [3.05, 3.63) is 12.2 Å². The van der Waals surface area contributed by atoms with Gasteiger partial charge in [0, 0.05) is 22.7 Å². The molecule has 7 nitrogen and oxygen atoms in total. The average Bonchev–Trinajstić information content (AvgIpc) is 2.81. The molecule has 1 aliphatic heterocycles. The molecule has 1 saturated heterocycles. The number of hydrogen-bond acceptors (Lipinski definition) is 7. The summed E-state index contributed by atoms with van der Waals surface area (Å²) in [5, 5.41) is 54.1. The highest BCUT2D eigenvalue weighted by molar-refractivity contribution is 5.77. The predicted octanol–water partition coefficient (Wildman–Crippen LogP) is -0.799. The lowest BCUT2D eigenvalue weighted by molar-refractivity contribution is -0.283. The number of esters is 1. The smallest absolute Gasteiger partial charge is 0.310 e. The van der Waals surface area contributed by atoms with Crippen LogP contribution in [0, 0.1) is 34.5 Å². The van der Waals surface area contributed by atoms with E-state index in [-0.39, 0.29) is 6.42 Å². The van der Waals surface area contributed by atoms with E-state index in [1.54, 1.807) is 20.8 Å². The van der Waals surface area contributed by atoms with Crippen LogP contribution in [0.2, 0.25) is 0 Å². The first-order valence-electron chi connectivity index (χ1n) is 9.27. The maximum absolute atomic E-state index is 12.6. The minimum atomic E-state index is -1.23. The van der Waals surface area contributed by atoms with E-state index < -0.39 is 77.1 Å². The van der Waals surface area contributed by atoms with Crippen LogP contribution in [0.1, 0.15) is 27.2 Å². The summed E-state index contributed by atoms with van der Waals surface area (Å²) in [6.07, 6.45) is -6.54. The third-order valence-electron chi connectivity index (χ3n) is 8.11. The summed E-state index contributed by atoms with van der Waals surface area (Å²) in [5.74, 6) is -3.17. The SMILES string of the molecule is C=C1C[C@H](O)[C@@H](O)[C@@]2(C)C1[C@@H](O)[C@H]1OC(=O)C3[C@@H](C)[C@@H](O)[C@@H](O)C2[C@]31C. The highest BCUT2D eigenvalue weighted by Gasteiger charge is 2.77. The van der Waals surface area contributed by atoms with E-state index in [1.165, 1.54) is 0 Å². The molecule has 7 heteroatoms. The Balaban J connectivity index is 1.97. The largest absolute Gasteiger partial charge is 0.459 e. The number of aliphatic hydroxyl groups excluding tert-OH is 5. The number of carbonyl (C=O) groups is 1. The van der Waals surface area contributed by atoms with Crippen LogP contribution < -0.4 is 0 Å². The van der Waals surface area contributed by atoms with E-state index >= 15 is 0 Å². The Hall–Kier alpha value is -0.990. The molecule has 0 amide bonds. The van der Waals surface area contributed by atoms with Gasteiger partial charge in [-0.2, -0.15) is 0 Å². The number of fused-ring (bicyclic) bond motifs is 2. The van der Waals surface area contributed by atoms with Crippen molar-refractivity contribution in [3.8, 4) is 0 Å². The standard InChI is InChI=1S/C19H28O7/c1-6-5-8(20)15(24)18(3)9(6)12(22)16-19(4)10(17(25)26-16)7(2)11(21)13(23)14(18)19/h7-16,20-24H,1,5H2,2-4H3/t7-,8+,9?,10?,11-,12-,13-,14?,15-,16-,18+,19+/m1/s1. The molecule has 0 bridgehead atoms. The highest BCUT2D eigenvalue weighted by atomic mass is 16.6. The lowest BCUT2D eigenvalue weighted by atomic mass is 9.38.